The standard InChI is InChI=1S/C17H21FO3/c1-20-17(8-4-2-3-5-9-17)16(19)15-11-12-10-13(18)6-7-14(12)21-15/h6-7,10-11,16,19H,2-5,8-9H2,1H3. The highest BCUT2D eigenvalue weighted by atomic mass is 19.1. The third-order valence-corrected chi connectivity index (χ3v) is 4.62. The number of aliphatic hydroxyl groups is 1. The van der Waals surface area contributed by atoms with Gasteiger partial charge in [0.2, 0.25) is 0 Å². The Morgan fingerprint density at radius 3 is 2.57 bits per heavy atom. The van der Waals surface area contributed by atoms with Gasteiger partial charge in [-0.05, 0) is 37.1 Å². The van der Waals surface area contributed by atoms with Crippen molar-refractivity contribution in [3.8, 4) is 0 Å². The van der Waals surface area contributed by atoms with Crippen LogP contribution in [0.15, 0.2) is 28.7 Å². The van der Waals surface area contributed by atoms with Crippen LogP contribution in [0.3, 0.4) is 0 Å². The van der Waals surface area contributed by atoms with E-state index >= 15 is 0 Å². The molecular formula is C17H21FO3. The minimum Gasteiger partial charge on any atom is -0.458 e. The van der Waals surface area contributed by atoms with Crippen LogP contribution in [0.2, 0.25) is 0 Å². The lowest BCUT2D eigenvalue weighted by atomic mass is 9.86. The number of furan rings is 1. The number of hydrogen-bond acceptors (Lipinski definition) is 3. The van der Waals surface area contributed by atoms with E-state index in [1.807, 2.05) is 0 Å². The quantitative estimate of drug-likeness (QED) is 0.855. The Kier molecular flexibility index (Phi) is 4.00. The van der Waals surface area contributed by atoms with Crippen LogP contribution in [-0.2, 0) is 4.74 Å². The second-order valence-electron chi connectivity index (χ2n) is 5.92. The summed E-state index contributed by atoms with van der Waals surface area (Å²) in [7, 11) is 1.65. The van der Waals surface area contributed by atoms with Crippen molar-refractivity contribution in [3.63, 3.8) is 0 Å². The van der Waals surface area contributed by atoms with Gasteiger partial charge in [-0.25, -0.2) is 4.39 Å². The lowest BCUT2D eigenvalue weighted by Gasteiger charge is -2.35. The first-order valence-corrected chi connectivity index (χ1v) is 7.57. The molecular weight excluding hydrogens is 271 g/mol. The van der Waals surface area contributed by atoms with Crippen molar-refractivity contribution in [2.75, 3.05) is 7.11 Å². The van der Waals surface area contributed by atoms with Gasteiger partial charge in [0.15, 0.2) is 0 Å². The van der Waals surface area contributed by atoms with Gasteiger partial charge in [0.25, 0.3) is 0 Å². The molecule has 1 N–H and O–H groups in total. The van der Waals surface area contributed by atoms with Crippen molar-refractivity contribution >= 4 is 11.0 Å². The summed E-state index contributed by atoms with van der Waals surface area (Å²) in [6, 6.07) is 6.09. The van der Waals surface area contributed by atoms with Crippen LogP contribution in [0.25, 0.3) is 11.0 Å². The predicted molar refractivity (Wildman–Crippen MR) is 78.6 cm³/mol. The molecule has 0 spiro atoms. The number of benzene rings is 1. The van der Waals surface area contributed by atoms with Gasteiger partial charge in [-0.15, -0.1) is 0 Å². The molecule has 0 amide bonds. The molecule has 3 nitrogen and oxygen atoms in total. The molecule has 1 atom stereocenters. The summed E-state index contributed by atoms with van der Waals surface area (Å²) in [6.45, 7) is 0. The summed E-state index contributed by atoms with van der Waals surface area (Å²) in [5.41, 5.74) is -0.00606. The van der Waals surface area contributed by atoms with E-state index in [4.69, 9.17) is 9.15 Å². The van der Waals surface area contributed by atoms with E-state index in [2.05, 4.69) is 0 Å². The van der Waals surface area contributed by atoms with Gasteiger partial charge in [0.1, 0.15) is 28.9 Å². The molecule has 3 rings (SSSR count). The number of aliphatic hydroxyl groups excluding tert-OH is 1. The van der Waals surface area contributed by atoms with Crippen molar-refractivity contribution in [2.45, 2.75) is 50.2 Å². The van der Waals surface area contributed by atoms with Crippen molar-refractivity contribution < 1.29 is 18.7 Å². The molecule has 1 aliphatic rings. The molecule has 1 aliphatic carbocycles. The molecule has 1 aromatic heterocycles. The zero-order valence-electron chi connectivity index (χ0n) is 12.3. The number of fused-ring (bicyclic) bond motifs is 1. The fraction of sp³-hybridized carbons (Fsp3) is 0.529. The Morgan fingerprint density at radius 2 is 1.90 bits per heavy atom. The molecule has 4 heteroatoms. The minimum atomic E-state index is -0.823. The molecule has 1 aromatic carbocycles. The summed E-state index contributed by atoms with van der Waals surface area (Å²) in [6.07, 6.45) is 5.23. The Balaban J connectivity index is 1.95. The number of ether oxygens (including phenoxy) is 1. The van der Waals surface area contributed by atoms with Gasteiger partial charge in [0, 0.05) is 12.5 Å². The van der Waals surface area contributed by atoms with Gasteiger partial charge >= 0.3 is 0 Å². The third-order valence-electron chi connectivity index (χ3n) is 4.62. The first-order chi connectivity index (χ1) is 10.1. The molecule has 1 fully saturated rings. The van der Waals surface area contributed by atoms with Crippen molar-refractivity contribution in [3.05, 3.63) is 35.8 Å². The van der Waals surface area contributed by atoms with E-state index < -0.39 is 11.7 Å². The number of hydrogen-bond donors (Lipinski definition) is 1. The first kappa shape index (κ1) is 14.5. The average molecular weight is 292 g/mol. The second kappa shape index (κ2) is 5.78. The van der Waals surface area contributed by atoms with E-state index in [1.165, 1.54) is 25.0 Å². The highest BCUT2D eigenvalue weighted by Crippen LogP contribution is 2.41. The number of halogens is 1. The van der Waals surface area contributed by atoms with Crippen LogP contribution in [0, 0.1) is 5.82 Å². The SMILES string of the molecule is COC1(C(O)c2cc3cc(F)ccc3o2)CCCCCC1. The summed E-state index contributed by atoms with van der Waals surface area (Å²) in [5.74, 6) is 0.152. The Labute approximate surface area is 123 Å². The monoisotopic (exact) mass is 292 g/mol. The molecule has 1 saturated carbocycles. The highest BCUT2D eigenvalue weighted by molar-refractivity contribution is 5.78. The van der Waals surface area contributed by atoms with E-state index in [0.29, 0.717) is 16.7 Å². The second-order valence-corrected chi connectivity index (χ2v) is 5.92. The van der Waals surface area contributed by atoms with E-state index in [1.54, 1.807) is 19.2 Å². The minimum absolute atomic E-state index is 0.305. The molecule has 0 aliphatic heterocycles. The predicted octanol–water partition coefficient (Wildman–Crippen LogP) is 4.34. The molecule has 1 unspecified atom stereocenters. The summed E-state index contributed by atoms with van der Waals surface area (Å²) in [5, 5.41) is 11.4. The van der Waals surface area contributed by atoms with Crippen molar-refractivity contribution in [2.24, 2.45) is 0 Å². The molecule has 1 heterocycles. The van der Waals surface area contributed by atoms with Gasteiger partial charge in [0.05, 0.1) is 0 Å². The highest BCUT2D eigenvalue weighted by Gasteiger charge is 2.40. The maximum atomic E-state index is 13.3. The van der Waals surface area contributed by atoms with Gasteiger partial charge in [-0.3, -0.25) is 0 Å². The molecule has 0 bridgehead atoms. The lowest BCUT2D eigenvalue weighted by Crippen LogP contribution is -2.38. The fourth-order valence-corrected chi connectivity index (χ4v) is 3.34. The molecule has 2 aromatic rings. The summed E-state index contributed by atoms with van der Waals surface area (Å²) in [4.78, 5) is 0. The van der Waals surface area contributed by atoms with Crippen LogP contribution < -0.4 is 0 Å². The van der Waals surface area contributed by atoms with E-state index in [9.17, 15) is 9.50 Å². The summed E-state index contributed by atoms with van der Waals surface area (Å²) >= 11 is 0. The maximum absolute atomic E-state index is 13.3. The van der Waals surface area contributed by atoms with Gasteiger partial charge < -0.3 is 14.3 Å². The largest absolute Gasteiger partial charge is 0.458 e. The van der Waals surface area contributed by atoms with E-state index in [0.717, 1.165) is 25.7 Å². The Hall–Kier alpha value is -1.39. The lowest BCUT2D eigenvalue weighted by molar-refractivity contribution is -0.120. The van der Waals surface area contributed by atoms with Crippen LogP contribution in [0.5, 0.6) is 0 Å². The smallest absolute Gasteiger partial charge is 0.140 e. The number of methoxy groups -OCH3 is 1. The van der Waals surface area contributed by atoms with Crippen LogP contribution >= 0.6 is 0 Å². The molecule has 114 valence electrons. The first-order valence-electron chi connectivity index (χ1n) is 7.57. The van der Waals surface area contributed by atoms with Crippen molar-refractivity contribution in [1.29, 1.82) is 0 Å². The summed E-state index contributed by atoms with van der Waals surface area (Å²) < 4.78 is 24.7. The van der Waals surface area contributed by atoms with Crippen LogP contribution in [0.1, 0.15) is 50.4 Å². The third kappa shape index (κ3) is 2.70. The number of rotatable bonds is 3. The van der Waals surface area contributed by atoms with E-state index in [-0.39, 0.29) is 5.82 Å². The maximum Gasteiger partial charge on any atom is 0.140 e. The van der Waals surface area contributed by atoms with Crippen LogP contribution in [0.4, 0.5) is 4.39 Å². The Bertz CT molecular complexity index is 612. The zero-order chi connectivity index (χ0) is 14.9. The zero-order valence-corrected chi connectivity index (χ0v) is 12.3. The fourth-order valence-electron chi connectivity index (χ4n) is 3.34. The molecule has 21 heavy (non-hydrogen) atoms. The Morgan fingerprint density at radius 1 is 1.19 bits per heavy atom. The molecule has 0 radical (unpaired) electrons. The van der Waals surface area contributed by atoms with Crippen molar-refractivity contribution in [1.82, 2.24) is 0 Å². The van der Waals surface area contributed by atoms with Crippen LogP contribution in [-0.4, -0.2) is 17.8 Å². The topological polar surface area (TPSA) is 42.6 Å². The normalized spacial score (nSPS) is 20.3. The average Bonchev–Trinajstić information content (AvgIpc) is 2.75. The molecule has 0 saturated heterocycles. The van der Waals surface area contributed by atoms with Gasteiger partial charge in [-0.2, -0.15) is 0 Å². The van der Waals surface area contributed by atoms with Gasteiger partial charge in [-0.1, -0.05) is 25.7 Å².